The summed E-state index contributed by atoms with van der Waals surface area (Å²) in [5, 5.41) is 0. The number of nitrogens with two attached hydrogens (primary N) is 1. The molecule has 1 saturated heterocycles. The second kappa shape index (κ2) is 4.89. The fraction of sp³-hybridized carbons (Fsp3) is 0.385. The standard InChI is InChI=1S/C13H16N6/c1-9-6-12(19-5-2-10(14)8-19)18-13(17-9)11-7-15-3-4-16-11/h3-4,6-7,10H,2,5,8,14H2,1H3. The minimum atomic E-state index is 0.232. The first-order chi connectivity index (χ1) is 9.22. The van der Waals surface area contributed by atoms with E-state index < -0.39 is 0 Å². The molecule has 0 radical (unpaired) electrons. The maximum Gasteiger partial charge on any atom is 0.182 e. The largest absolute Gasteiger partial charge is 0.355 e. The molecule has 0 saturated carbocycles. The van der Waals surface area contributed by atoms with Crippen LogP contribution in [0.5, 0.6) is 0 Å². The van der Waals surface area contributed by atoms with Crippen molar-refractivity contribution in [1.29, 1.82) is 0 Å². The van der Waals surface area contributed by atoms with Crippen molar-refractivity contribution in [1.82, 2.24) is 19.9 Å². The molecule has 2 aromatic heterocycles. The molecule has 1 fully saturated rings. The van der Waals surface area contributed by atoms with Crippen LogP contribution in [0.4, 0.5) is 5.82 Å². The van der Waals surface area contributed by atoms with Crippen molar-refractivity contribution >= 4 is 5.82 Å². The number of nitrogens with zero attached hydrogens (tertiary/aromatic N) is 5. The number of hydrogen-bond donors (Lipinski definition) is 1. The Morgan fingerprint density at radius 2 is 2.21 bits per heavy atom. The first kappa shape index (κ1) is 12.0. The second-order valence-electron chi connectivity index (χ2n) is 4.78. The maximum atomic E-state index is 5.94. The van der Waals surface area contributed by atoms with Gasteiger partial charge in [-0.3, -0.25) is 4.98 Å². The molecule has 98 valence electrons. The average Bonchev–Trinajstić information content (AvgIpc) is 2.86. The Morgan fingerprint density at radius 1 is 1.32 bits per heavy atom. The van der Waals surface area contributed by atoms with Crippen molar-refractivity contribution < 1.29 is 0 Å². The van der Waals surface area contributed by atoms with Gasteiger partial charge in [-0.1, -0.05) is 0 Å². The van der Waals surface area contributed by atoms with Gasteiger partial charge in [0.2, 0.25) is 0 Å². The summed E-state index contributed by atoms with van der Waals surface area (Å²) >= 11 is 0. The number of aryl methyl sites for hydroxylation is 1. The van der Waals surface area contributed by atoms with E-state index in [0.29, 0.717) is 11.5 Å². The number of anilines is 1. The van der Waals surface area contributed by atoms with E-state index in [9.17, 15) is 0 Å². The molecule has 1 aliphatic rings. The third-order valence-electron chi connectivity index (χ3n) is 3.18. The van der Waals surface area contributed by atoms with Gasteiger partial charge >= 0.3 is 0 Å². The van der Waals surface area contributed by atoms with Gasteiger partial charge in [0.15, 0.2) is 5.82 Å². The van der Waals surface area contributed by atoms with Crippen LogP contribution in [-0.2, 0) is 0 Å². The minimum absolute atomic E-state index is 0.232. The molecule has 2 N–H and O–H groups in total. The molecule has 3 heterocycles. The van der Waals surface area contributed by atoms with Crippen LogP contribution in [0.3, 0.4) is 0 Å². The van der Waals surface area contributed by atoms with Gasteiger partial charge in [0.25, 0.3) is 0 Å². The lowest BCUT2D eigenvalue weighted by molar-refractivity contribution is 0.751. The number of rotatable bonds is 2. The zero-order chi connectivity index (χ0) is 13.2. The van der Waals surface area contributed by atoms with Crippen molar-refractivity contribution in [2.45, 2.75) is 19.4 Å². The first-order valence-corrected chi connectivity index (χ1v) is 6.35. The van der Waals surface area contributed by atoms with E-state index in [1.807, 2.05) is 13.0 Å². The molecule has 6 nitrogen and oxygen atoms in total. The summed E-state index contributed by atoms with van der Waals surface area (Å²) < 4.78 is 0. The summed E-state index contributed by atoms with van der Waals surface area (Å²) in [6.07, 6.45) is 5.96. The molecule has 19 heavy (non-hydrogen) atoms. The molecule has 0 aromatic carbocycles. The van der Waals surface area contributed by atoms with Gasteiger partial charge < -0.3 is 10.6 Å². The van der Waals surface area contributed by atoms with Crippen LogP contribution in [0.15, 0.2) is 24.7 Å². The smallest absolute Gasteiger partial charge is 0.182 e. The van der Waals surface area contributed by atoms with Crippen LogP contribution in [-0.4, -0.2) is 39.1 Å². The predicted octanol–water partition coefficient (Wildman–Crippen LogP) is 0.779. The van der Waals surface area contributed by atoms with Crippen LogP contribution in [0.2, 0.25) is 0 Å². The lowest BCUT2D eigenvalue weighted by Gasteiger charge is -2.17. The van der Waals surface area contributed by atoms with E-state index in [1.165, 1.54) is 0 Å². The summed E-state index contributed by atoms with van der Waals surface area (Å²) in [6.45, 7) is 3.74. The van der Waals surface area contributed by atoms with Crippen molar-refractivity contribution in [3.05, 3.63) is 30.4 Å². The Labute approximate surface area is 111 Å². The lowest BCUT2D eigenvalue weighted by Crippen LogP contribution is -2.27. The fourth-order valence-corrected chi connectivity index (χ4v) is 2.24. The molecule has 0 spiro atoms. The number of hydrogen-bond acceptors (Lipinski definition) is 6. The molecule has 0 amide bonds. The molecule has 1 aliphatic heterocycles. The highest BCUT2D eigenvalue weighted by molar-refractivity contribution is 5.53. The van der Waals surface area contributed by atoms with Gasteiger partial charge in [0.05, 0.1) is 6.20 Å². The second-order valence-corrected chi connectivity index (χ2v) is 4.78. The van der Waals surface area contributed by atoms with E-state index in [2.05, 4.69) is 24.8 Å². The Hall–Kier alpha value is -2.08. The summed E-state index contributed by atoms with van der Waals surface area (Å²) in [5.41, 5.74) is 7.56. The zero-order valence-corrected chi connectivity index (χ0v) is 10.8. The summed E-state index contributed by atoms with van der Waals surface area (Å²) in [5.74, 6) is 1.53. The molecule has 1 unspecified atom stereocenters. The van der Waals surface area contributed by atoms with Crippen molar-refractivity contribution in [2.75, 3.05) is 18.0 Å². The Bertz CT molecular complexity index is 571. The third-order valence-corrected chi connectivity index (χ3v) is 3.18. The third kappa shape index (κ3) is 2.53. The SMILES string of the molecule is Cc1cc(N2CCC(N)C2)nc(-c2cnccn2)n1. The van der Waals surface area contributed by atoms with Crippen molar-refractivity contribution in [2.24, 2.45) is 5.73 Å². The summed E-state index contributed by atoms with van der Waals surface area (Å²) in [6, 6.07) is 2.22. The molecule has 1 atom stereocenters. The normalized spacial score (nSPS) is 18.8. The highest BCUT2D eigenvalue weighted by Crippen LogP contribution is 2.21. The van der Waals surface area contributed by atoms with E-state index in [0.717, 1.165) is 31.0 Å². The topological polar surface area (TPSA) is 80.8 Å². The van der Waals surface area contributed by atoms with Gasteiger partial charge in [-0.2, -0.15) is 0 Å². The van der Waals surface area contributed by atoms with Gasteiger partial charge in [0.1, 0.15) is 11.5 Å². The quantitative estimate of drug-likeness (QED) is 0.855. The van der Waals surface area contributed by atoms with E-state index in [4.69, 9.17) is 5.73 Å². The predicted molar refractivity (Wildman–Crippen MR) is 72.6 cm³/mol. The summed E-state index contributed by atoms with van der Waals surface area (Å²) in [7, 11) is 0. The molecule has 2 aromatic rings. The highest BCUT2D eigenvalue weighted by Gasteiger charge is 2.21. The molecule has 3 rings (SSSR count). The maximum absolute atomic E-state index is 5.94. The zero-order valence-electron chi connectivity index (χ0n) is 10.8. The first-order valence-electron chi connectivity index (χ1n) is 6.35. The van der Waals surface area contributed by atoms with Gasteiger partial charge in [-0.15, -0.1) is 0 Å². The van der Waals surface area contributed by atoms with E-state index in [-0.39, 0.29) is 6.04 Å². The highest BCUT2D eigenvalue weighted by atomic mass is 15.2. The van der Waals surface area contributed by atoms with Crippen molar-refractivity contribution in [3.8, 4) is 11.5 Å². The Balaban J connectivity index is 1.97. The Morgan fingerprint density at radius 3 is 2.89 bits per heavy atom. The van der Waals surface area contributed by atoms with Gasteiger partial charge in [-0.25, -0.2) is 15.0 Å². The summed E-state index contributed by atoms with van der Waals surface area (Å²) in [4.78, 5) is 19.5. The van der Waals surface area contributed by atoms with Crippen LogP contribution >= 0.6 is 0 Å². The average molecular weight is 256 g/mol. The molecular formula is C13H16N6. The minimum Gasteiger partial charge on any atom is -0.355 e. The van der Waals surface area contributed by atoms with Crippen molar-refractivity contribution in [3.63, 3.8) is 0 Å². The monoisotopic (exact) mass is 256 g/mol. The fourth-order valence-electron chi connectivity index (χ4n) is 2.24. The van der Waals surface area contributed by atoms with Crippen LogP contribution < -0.4 is 10.6 Å². The molecular weight excluding hydrogens is 240 g/mol. The van der Waals surface area contributed by atoms with Crippen LogP contribution in [0.1, 0.15) is 12.1 Å². The molecule has 6 heteroatoms. The lowest BCUT2D eigenvalue weighted by atomic mass is 10.3. The molecule has 0 bridgehead atoms. The molecule has 0 aliphatic carbocycles. The van der Waals surface area contributed by atoms with Crippen LogP contribution in [0, 0.1) is 6.92 Å². The number of aromatic nitrogens is 4. The Kier molecular flexibility index (Phi) is 3.08. The van der Waals surface area contributed by atoms with Gasteiger partial charge in [-0.05, 0) is 13.3 Å². The van der Waals surface area contributed by atoms with Gasteiger partial charge in [0, 0.05) is 43.3 Å². The van der Waals surface area contributed by atoms with E-state index in [1.54, 1.807) is 18.6 Å². The van der Waals surface area contributed by atoms with E-state index >= 15 is 0 Å². The van der Waals surface area contributed by atoms with Crippen LogP contribution in [0.25, 0.3) is 11.5 Å².